The third-order valence-electron chi connectivity index (χ3n) is 7.08. The van der Waals surface area contributed by atoms with Crippen molar-refractivity contribution in [1.29, 1.82) is 0 Å². The molecule has 6 heteroatoms. The molecule has 1 aliphatic heterocycles. The summed E-state index contributed by atoms with van der Waals surface area (Å²) in [6, 6.07) is 39.6. The molecule has 0 aromatic heterocycles. The van der Waals surface area contributed by atoms with Gasteiger partial charge in [-0.2, -0.15) is 0 Å². The van der Waals surface area contributed by atoms with Crippen LogP contribution in [0.3, 0.4) is 0 Å². The molecule has 0 amide bonds. The zero-order valence-corrected chi connectivity index (χ0v) is 23.0. The molecular weight excluding hydrogens is 516 g/mol. The van der Waals surface area contributed by atoms with E-state index in [0.717, 1.165) is 28.5 Å². The molecule has 41 heavy (non-hydrogen) atoms. The van der Waals surface area contributed by atoms with Crippen molar-refractivity contribution in [3.8, 4) is 0 Å². The van der Waals surface area contributed by atoms with Crippen LogP contribution < -0.4 is 0 Å². The predicted octanol–water partition coefficient (Wildman–Crippen LogP) is 6.13. The molecular formula is C35H36O6. The van der Waals surface area contributed by atoms with Gasteiger partial charge in [0.15, 0.2) is 6.29 Å². The van der Waals surface area contributed by atoms with E-state index >= 15 is 0 Å². The summed E-state index contributed by atoms with van der Waals surface area (Å²) in [5.41, 5.74) is 4.05. The van der Waals surface area contributed by atoms with Crippen molar-refractivity contribution in [2.24, 2.45) is 5.92 Å². The second-order valence-corrected chi connectivity index (χ2v) is 10.1. The maximum Gasteiger partial charge on any atom is 0.185 e. The van der Waals surface area contributed by atoms with Crippen LogP contribution in [0.1, 0.15) is 22.3 Å². The topological polar surface area (TPSA) is 63.2 Å². The minimum atomic E-state index is -0.795. The predicted molar refractivity (Wildman–Crippen MR) is 156 cm³/mol. The Labute approximate surface area is 241 Å². The van der Waals surface area contributed by atoms with Gasteiger partial charge < -0.3 is 28.5 Å². The highest BCUT2D eigenvalue weighted by Gasteiger charge is 2.48. The van der Waals surface area contributed by atoms with Gasteiger partial charge in [0.2, 0.25) is 0 Å². The lowest BCUT2D eigenvalue weighted by molar-refractivity contribution is -0.307. The van der Waals surface area contributed by atoms with Gasteiger partial charge in [0, 0.05) is 0 Å². The summed E-state index contributed by atoms with van der Waals surface area (Å²) in [6.45, 7) is 1.60. The molecule has 4 aromatic carbocycles. The number of rotatable bonds is 14. The molecule has 212 valence electrons. The number of hydrogen-bond acceptors (Lipinski definition) is 6. The van der Waals surface area contributed by atoms with Gasteiger partial charge in [-0.3, -0.25) is 0 Å². The summed E-state index contributed by atoms with van der Waals surface area (Å²) in [4.78, 5) is 12.8. The highest BCUT2D eigenvalue weighted by atomic mass is 16.7. The van der Waals surface area contributed by atoms with Crippen molar-refractivity contribution in [2.45, 2.75) is 51.0 Å². The molecule has 0 radical (unpaired) electrons. The Morgan fingerprint density at radius 2 is 0.951 bits per heavy atom. The third-order valence-corrected chi connectivity index (χ3v) is 7.08. The quantitative estimate of drug-likeness (QED) is 0.175. The maximum absolute atomic E-state index is 12.8. The molecule has 0 saturated carbocycles. The molecule has 0 N–H and O–H groups in total. The third kappa shape index (κ3) is 8.43. The Morgan fingerprint density at radius 1 is 0.537 bits per heavy atom. The summed E-state index contributed by atoms with van der Waals surface area (Å²) >= 11 is 0. The summed E-state index contributed by atoms with van der Waals surface area (Å²) in [5, 5.41) is 0. The number of carbonyl (C=O) groups is 1. The van der Waals surface area contributed by atoms with E-state index in [1.807, 2.05) is 121 Å². The van der Waals surface area contributed by atoms with Gasteiger partial charge in [0.05, 0.1) is 45.1 Å². The Bertz CT molecular complexity index is 1290. The van der Waals surface area contributed by atoms with Gasteiger partial charge in [-0.25, -0.2) is 0 Å². The number of ether oxygens (including phenoxy) is 5. The summed E-state index contributed by atoms with van der Waals surface area (Å²) in [5.74, 6) is -0.637. The van der Waals surface area contributed by atoms with Crippen molar-refractivity contribution in [3.63, 3.8) is 0 Å². The van der Waals surface area contributed by atoms with E-state index in [2.05, 4.69) is 0 Å². The lowest BCUT2D eigenvalue weighted by Gasteiger charge is -2.44. The van der Waals surface area contributed by atoms with Crippen LogP contribution in [-0.4, -0.2) is 37.5 Å². The highest BCUT2D eigenvalue weighted by Crippen LogP contribution is 2.32. The lowest BCUT2D eigenvalue weighted by atomic mass is 9.89. The molecule has 0 unspecified atom stereocenters. The van der Waals surface area contributed by atoms with E-state index in [1.165, 1.54) is 0 Å². The normalized spacial score (nSPS) is 22.3. The molecule has 5 rings (SSSR count). The fourth-order valence-electron chi connectivity index (χ4n) is 4.93. The summed E-state index contributed by atoms with van der Waals surface area (Å²) in [7, 11) is 0. The molecule has 1 heterocycles. The zero-order chi connectivity index (χ0) is 28.1. The van der Waals surface area contributed by atoms with Crippen LogP contribution in [0.5, 0.6) is 0 Å². The zero-order valence-electron chi connectivity index (χ0n) is 23.0. The average Bonchev–Trinajstić information content (AvgIpc) is 3.04. The summed E-state index contributed by atoms with van der Waals surface area (Å²) < 4.78 is 31.7. The first-order valence-corrected chi connectivity index (χ1v) is 14.0. The van der Waals surface area contributed by atoms with Crippen LogP contribution in [0.15, 0.2) is 121 Å². The van der Waals surface area contributed by atoms with Crippen molar-refractivity contribution < 1.29 is 28.5 Å². The van der Waals surface area contributed by atoms with Gasteiger partial charge in [-0.1, -0.05) is 121 Å². The fourth-order valence-corrected chi connectivity index (χ4v) is 4.93. The van der Waals surface area contributed by atoms with Gasteiger partial charge in [-0.15, -0.1) is 0 Å². The Kier molecular flexibility index (Phi) is 10.8. The summed E-state index contributed by atoms with van der Waals surface area (Å²) in [6.07, 6.45) is -1.70. The largest absolute Gasteiger partial charge is 0.374 e. The Morgan fingerprint density at radius 3 is 1.41 bits per heavy atom. The second kappa shape index (κ2) is 15.4. The van der Waals surface area contributed by atoms with Crippen molar-refractivity contribution >= 4 is 6.29 Å². The van der Waals surface area contributed by atoms with E-state index in [1.54, 1.807) is 0 Å². The first-order chi connectivity index (χ1) is 20.3. The standard InChI is InChI=1S/C35H36O6/c36-21-31-33(38-23-28-15-7-2-8-16-28)32(26-37-22-27-13-5-1-6-14-27)41-35(40-25-30-19-11-4-12-20-30)34(31)39-24-29-17-9-3-10-18-29/h1-21,31-35H,22-26H2/t31-,32-,33-,34-,35-/m1/s1. The SMILES string of the molecule is O=C[C@@H]1[C@@H](OCc2ccccc2)[C@@H](COCc2ccccc2)O[C@@H](OCc2ccccc2)[C@@H]1OCc1ccccc1. The Balaban J connectivity index is 1.36. The molecule has 0 bridgehead atoms. The minimum absolute atomic E-state index is 0.231. The smallest absolute Gasteiger partial charge is 0.185 e. The molecule has 4 aromatic rings. The monoisotopic (exact) mass is 552 g/mol. The van der Waals surface area contributed by atoms with Crippen molar-refractivity contribution in [3.05, 3.63) is 144 Å². The van der Waals surface area contributed by atoms with Gasteiger partial charge in [-0.05, 0) is 22.3 Å². The van der Waals surface area contributed by atoms with Crippen LogP contribution in [0, 0.1) is 5.92 Å². The number of hydrogen-bond donors (Lipinski definition) is 0. The lowest BCUT2D eigenvalue weighted by Crippen LogP contribution is -2.58. The van der Waals surface area contributed by atoms with Crippen LogP contribution in [0.2, 0.25) is 0 Å². The second-order valence-electron chi connectivity index (χ2n) is 10.1. The van der Waals surface area contributed by atoms with E-state index in [4.69, 9.17) is 23.7 Å². The van der Waals surface area contributed by atoms with E-state index in [0.29, 0.717) is 26.4 Å². The molecule has 6 nitrogen and oxygen atoms in total. The van der Waals surface area contributed by atoms with Crippen LogP contribution in [-0.2, 0) is 54.9 Å². The van der Waals surface area contributed by atoms with Gasteiger partial charge in [0.25, 0.3) is 0 Å². The average molecular weight is 553 g/mol. The van der Waals surface area contributed by atoms with Crippen LogP contribution in [0.25, 0.3) is 0 Å². The molecule has 1 saturated heterocycles. The van der Waals surface area contributed by atoms with E-state index < -0.39 is 30.5 Å². The number of benzene rings is 4. The number of aldehydes is 1. The number of carbonyl (C=O) groups excluding carboxylic acids is 1. The maximum atomic E-state index is 12.8. The van der Waals surface area contributed by atoms with Crippen molar-refractivity contribution in [2.75, 3.05) is 6.61 Å². The van der Waals surface area contributed by atoms with E-state index in [-0.39, 0.29) is 6.61 Å². The molecule has 1 aliphatic rings. The molecule has 1 fully saturated rings. The van der Waals surface area contributed by atoms with Crippen molar-refractivity contribution in [1.82, 2.24) is 0 Å². The molecule has 5 atom stereocenters. The van der Waals surface area contributed by atoms with Gasteiger partial charge >= 0.3 is 0 Å². The first kappa shape index (κ1) is 28.9. The minimum Gasteiger partial charge on any atom is -0.374 e. The van der Waals surface area contributed by atoms with Gasteiger partial charge in [0.1, 0.15) is 18.5 Å². The highest BCUT2D eigenvalue weighted by molar-refractivity contribution is 5.56. The fraction of sp³-hybridized carbons (Fsp3) is 0.286. The van der Waals surface area contributed by atoms with Crippen LogP contribution in [0.4, 0.5) is 0 Å². The van der Waals surface area contributed by atoms with E-state index in [9.17, 15) is 4.79 Å². The molecule has 0 spiro atoms. The Hall–Kier alpha value is -3.65. The molecule has 0 aliphatic carbocycles. The van der Waals surface area contributed by atoms with Crippen LogP contribution >= 0.6 is 0 Å². The first-order valence-electron chi connectivity index (χ1n) is 14.0.